The molecule has 92 valence electrons. The summed E-state index contributed by atoms with van der Waals surface area (Å²) < 4.78 is 28.5. The van der Waals surface area contributed by atoms with Crippen molar-refractivity contribution in [2.24, 2.45) is 0 Å². The lowest BCUT2D eigenvalue weighted by molar-refractivity contribution is 0.384. The van der Waals surface area contributed by atoms with Crippen molar-refractivity contribution in [3.8, 4) is 0 Å². The van der Waals surface area contributed by atoms with Gasteiger partial charge >= 0.3 is 0 Å². The molecule has 8 heteroatoms. The Bertz CT molecular complexity index is 439. The zero-order valence-corrected chi connectivity index (χ0v) is 10.5. The van der Waals surface area contributed by atoms with Gasteiger partial charge in [-0.05, 0) is 19.9 Å². The van der Waals surface area contributed by atoms with Crippen LogP contribution in [0.4, 0.5) is 0 Å². The van der Waals surface area contributed by atoms with Crippen LogP contribution < -0.4 is 5.32 Å². The molecule has 16 heavy (non-hydrogen) atoms. The van der Waals surface area contributed by atoms with E-state index >= 15 is 0 Å². The fourth-order valence-electron chi connectivity index (χ4n) is 1.62. The number of sulfone groups is 1. The Morgan fingerprint density at radius 1 is 1.56 bits per heavy atom. The lowest BCUT2D eigenvalue weighted by Gasteiger charge is -2.07. The zero-order valence-electron chi connectivity index (χ0n) is 8.84. The number of hydrogen-bond acceptors (Lipinski definition) is 6. The first kappa shape index (κ1) is 13.4. The Morgan fingerprint density at radius 2 is 2.31 bits per heavy atom. The molecular formula is C8H14ClN3O3S. The molecule has 1 aliphatic heterocycles. The number of nitrogens with zero attached hydrogens (tertiary/aromatic N) is 2. The molecule has 1 N–H and O–H groups in total. The fourth-order valence-corrected chi connectivity index (χ4v) is 3.17. The summed E-state index contributed by atoms with van der Waals surface area (Å²) in [6, 6.07) is 0. The van der Waals surface area contributed by atoms with E-state index in [4.69, 9.17) is 4.52 Å². The van der Waals surface area contributed by atoms with Crippen LogP contribution in [0.2, 0.25) is 0 Å². The molecule has 1 unspecified atom stereocenters. The van der Waals surface area contributed by atoms with E-state index in [-0.39, 0.29) is 29.3 Å². The quantitative estimate of drug-likeness (QED) is 0.835. The topological polar surface area (TPSA) is 85.1 Å². The first-order valence-corrected chi connectivity index (χ1v) is 6.51. The average Bonchev–Trinajstić information content (AvgIpc) is 2.75. The molecule has 0 aliphatic carbocycles. The van der Waals surface area contributed by atoms with Crippen molar-refractivity contribution >= 4 is 22.2 Å². The Labute approximate surface area is 100 Å². The first-order valence-electron chi connectivity index (χ1n) is 4.79. The maximum absolute atomic E-state index is 11.8. The van der Waals surface area contributed by atoms with E-state index in [9.17, 15) is 8.42 Å². The van der Waals surface area contributed by atoms with Gasteiger partial charge in [0.25, 0.3) is 0 Å². The third-order valence-corrected chi connectivity index (χ3v) is 4.48. The number of hydrogen-bond donors (Lipinski definition) is 1. The van der Waals surface area contributed by atoms with E-state index in [1.54, 1.807) is 6.92 Å². The predicted octanol–water partition coefficient (Wildman–Crippen LogP) is 0.0765. The number of nitrogens with one attached hydrogen (secondary N) is 1. The molecule has 1 aromatic heterocycles. The van der Waals surface area contributed by atoms with E-state index in [1.807, 2.05) is 0 Å². The molecule has 2 heterocycles. The minimum atomic E-state index is -3.16. The molecule has 0 aromatic carbocycles. The van der Waals surface area contributed by atoms with Gasteiger partial charge < -0.3 is 9.84 Å². The van der Waals surface area contributed by atoms with Crippen molar-refractivity contribution < 1.29 is 12.9 Å². The van der Waals surface area contributed by atoms with E-state index in [2.05, 4.69) is 15.5 Å². The van der Waals surface area contributed by atoms with Gasteiger partial charge in [0.15, 0.2) is 15.7 Å². The average molecular weight is 268 g/mol. The standard InChI is InChI=1S/C8H13N3O3S.ClH/c1-6-10-8(14-11-6)5-15(12,13)7-2-3-9-4-7;/h7,9H,2-5H2,1H3;1H. The van der Waals surface area contributed by atoms with Crippen LogP contribution in [-0.4, -0.2) is 36.9 Å². The summed E-state index contributed by atoms with van der Waals surface area (Å²) in [6.07, 6.45) is 0.662. The zero-order chi connectivity index (χ0) is 10.9. The summed E-state index contributed by atoms with van der Waals surface area (Å²) in [5.41, 5.74) is 0. The van der Waals surface area contributed by atoms with Crippen molar-refractivity contribution in [3.63, 3.8) is 0 Å². The lowest BCUT2D eigenvalue weighted by atomic mass is 10.4. The Kier molecular flexibility index (Phi) is 4.28. The van der Waals surface area contributed by atoms with Crippen LogP contribution in [0.15, 0.2) is 4.52 Å². The lowest BCUT2D eigenvalue weighted by Crippen LogP contribution is -2.25. The second-order valence-corrected chi connectivity index (χ2v) is 5.94. The molecule has 0 amide bonds. The molecule has 1 atom stereocenters. The summed E-state index contributed by atoms with van der Waals surface area (Å²) >= 11 is 0. The van der Waals surface area contributed by atoms with Gasteiger partial charge in [0.05, 0.1) is 5.25 Å². The summed E-state index contributed by atoms with van der Waals surface area (Å²) in [5.74, 6) is 0.490. The van der Waals surface area contributed by atoms with Gasteiger partial charge in [-0.2, -0.15) is 4.98 Å². The van der Waals surface area contributed by atoms with Crippen LogP contribution >= 0.6 is 12.4 Å². The number of halogens is 1. The van der Waals surface area contributed by atoms with E-state index < -0.39 is 9.84 Å². The highest BCUT2D eigenvalue weighted by molar-refractivity contribution is 7.91. The highest BCUT2D eigenvalue weighted by atomic mass is 35.5. The van der Waals surface area contributed by atoms with Crippen LogP contribution in [0.1, 0.15) is 18.1 Å². The van der Waals surface area contributed by atoms with E-state index in [0.717, 1.165) is 6.54 Å². The second-order valence-electron chi connectivity index (χ2n) is 3.66. The van der Waals surface area contributed by atoms with Crippen LogP contribution in [0.25, 0.3) is 0 Å². The molecule has 1 aromatic rings. The molecule has 0 radical (unpaired) electrons. The van der Waals surface area contributed by atoms with Gasteiger partial charge in [0, 0.05) is 6.54 Å². The van der Waals surface area contributed by atoms with Crippen molar-refractivity contribution in [2.75, 3.05) is 13.1 Å². The molecule has 1 fully saturated rings. The summed E-state index contributed by atoms with van der Waals surface area (Å²) in [7, 11) is -3.16. The highest BCUT2D eigenvalue weighted by Crippen LogP contribution is 2.15. The van der Waals surface area contributed by atoms with Crippen LogP contribution in [-0.2, 0) is 15.6 Å². The van der Waals surface area contributed by atoms with Gasteiger partial charge in [-0.3, -0.25) is 0 Å². The molecule has 2 rings (SSSR count). The smallest absolute Gasteiger partial charge is 0.241 e. The molecule has 1 saturated heterocycles. The van der Waals surface area contributed by atoms with Gasteiger partial charge in [-0.1, -0.05) is 5.16 Å². The van der Waals surface area contributed by atoms with Gasteiger partial charge in [-0.25, -0.2) is 8.42 Å². The third kappa shape index (κ3) is 2.93. The summed E-state index contributed by atoms with van der Waals surface area (Å²) in [5, 5.41) is 6.27. The predicted molar refractivity (Wildman–Crippen MR) is 60.2 cm³/mol. The SMILES string of the molecule is Cc1noc(CS(=O)(=O)C2CCNC2)n1.Cl. The van der Waals surface area contributed by atoms with E-state index in [0.29, 0.717) is 18.8 Å². The van der Waals surface area contributed by atoms with Gasteiger partial charge in [0.2, 0.25) is 5.89 Å². The number of aryl methyl sites for hydroxylation is 1. The minimum Gasteiger partial charge on any atom is -0.338 e. The Balaban J connectivity index is 0.00000128. The molecule has 0 spiro atoms. The molecule has 0 bridgehead atoms. The largest absolute Gasteiger partial charge is 0.338 e. The fraction of sp³-hybridized carbons (Fsp3) is 0.750. The Hall–Kier alpha value is -0.660. The minimum absolute atomic E-state index is 0. The van der Waals surface area contributed by atoms with Crippen molar-refractivity contribution in [3.05, 3.63) is 11.7 Å². The summed E-state index contributed by atoms with van der Waals surface area (Å²) in [4.78, 5) is 3.89. The second kappa shape index (κ2) is 5.11. The normalized spacial score (nSPS) is 20.7. The van der Waals surface area contributed by atoms with Crippen molar-refractivity contribution in [1.29, 1.82) is 0 Å². The number of aromatic nitrogens is 2. The van der Waals surface area contributed by atoms with Crippen molar-refractivity contribution in [2.45, 2.75) is 24.3 Å². The maximum atomic E-state index is 11.8. The molecular weight excluding hydrogens is 254 g/mol. The molecule has 0 saturated carbocycles. The van der Waals surface area contributed by atoms with Crippen molar-refractivity contribution in [1.82, 2.24) is 15.5 Å². The highest BCUT2D eigenvalue weighted by Gasteiger charge is 2.30. The van der Waals surface area contributed by atoms with Crippen LogP contribution in [0.5, 0.6) is 0 Å². The monoisotopic (exact) mass is 267 g/mol. The summed E-state index contributed by atoms with van der Waals surface area (Å²) in [6.45, 7) is 2.94. The van der Waals surface area contributed by atoms with Gasteiger partial charge in [0.1, 0.15) is 5.75 Å². The molecule has 6 nitrogen and oxygen atoms in total. The number of rotatable bonds is 3. The van der Waals surface area contributed by atoms with Crippen LogP contribution in [0.3, 0.4) is 0 Å². The molecule has 1 aliphatic rings. The van der Waals surface area contributed by atoms with E-state index in [1.165, 1.54) is 0 Å². The Morgan fingerprint density at radius 3 is 2.81 bits per heavy atom. The third-order valence-electron chi connectivity index (χ3n) is 2.42. The first-order chi connectivity index (χ1) is 7.08. The van der Waals surface area contributed by atoms with Gasteiger partial charge in [-0.15, -0.1) is 12.4 Å². The van der Waals surface area contributed by atoms with Crippen LogP contribution in [0, 0.1) is 6.92 Å². The maximum Gasteiger partial charge on any atom is 0.241 e.